The van der Waals surface area contributed by atoms with E-state index in [9.17, 15) is 4.79 Å². The first-order valence-corrected chi connectivity index (χ1v) is 2.23. The maximum absolute atomic E-state index is 9.55. The fourth-order valence-corrected chi connectivity index (χ4v) is 0.287. The van der Waals surface area contributed by atoms with Crippen LogP contribution in [0, 0.1) is 0 Å². The normalized spacial score (nSPS) is 6.12. The molecule has 0 aromatic carbocycles. The van der Waals surface area contributed by atoms with Gasteiger partial charge in [-0.2, -0.15) is 12.6 Å². The number of hydrogen-bond acceptors (Lipinski definition) is 2. The van der Waals surface area contributed by atoms with E-state index in [0.717, 1.165) is 0 Å². The first-order chi connectivity index (χ1) is 2.77. The molecule has 0 unspecified atom stereocenters. The van der Waals surface area contributed by atoms with Gasteiger partial charge in [-0.15, -0.1) is 24.0 Å². The van der Waals surface area contributed by atoms with E-state index >= 15 is 0 Å². The van der Waals surface area contributed by atoms with Crippen LogP contribution in [0.2, 0.25) is 0 Å². The van der Waals surface area contributed by atoms with Crippen LogP contribution in [0.15, 0.2) is 0 Å². The van der Waals surface area contributed by atoms with Crippen LogP contribution >= 0.6 is 36.6 Å². The summed E-state index contributed by atoms with van der Waals surface area (Å²) in [5.74, 6) is -0.361. The van der Waals surface area contributed by atoms with Gasteiger partial charge in [0.1, 0.15) is 0 Å². The third kappa shape index (κ3) is 15.7. The third-order valence-electron chi connectivity index (χ3n) is 0.326. The summed E-state index contributed by atoms with van der Waals surface area (Å²) < 4.78 is 0. The van der Waals surface area contributed by atoms with Crippen LogP contribution in [-0.4, -0.2) is 16.8 Å². The Morgan fingerprint density at radius 1 is 1.62 bits per heavy atom. The van der Waals surface area contributed by atoms with Crippen molar-refractivity contribution in [3.05, 3.63) is 0 Å². The molecule has 0 aromatic heterocycles. The minimum atomic E-state index is -0.787. The summed E-state index contributed by atoms with van der Waals surface area (Å²) in [5.41, 5.74) is 0. The standard InChI is InChI=1S/C3H6O2S.HI.Zn/c4-3(5)1-2-6;;/h6H,1-2H2,(H,4,5);1H;. The Labute approximate surface area is 83.6 Å². The zero-order chi connectivity index (χ0) is 4.99. The topological polar surface area (TPSA) is 37.3 Å². The van der Waals surface area contributed by atoms with Crippen LogP contribution in [-0.2, 0) is 24.3 Å². The summed E-state index contributed by atoms with van der Waals surface area (Å²) in [6.07, 6.45) is 0.156. The molecule has 1 N–H and O–H groups in total. The molecule has 0 bridgehead atoms. The first-order valence-electron chi connectivity index (χ1n) is 1.60. The molecule has 0 saturated heterocycles. The second kappa shape index (κ2) is 11.0. The number of thiol groups is 1. The molecule has 0 aliphatic heterocycles. The van der Waals surface area contributed by atoms with Gasteiger partial charge in [0.2, 0.25) is 0 Å². The van der Waals surface area contributed by atoms with E-state index in [4.69, 9.17) is 5.11 Å². The second-order valence-electron chi connectivity index (χ2n) is 0.867. The summed E-state index contributed by atoms with van der Waals surface area (Å²) in [7, 11) is 0. The molecular weight excluding hydrogens is 292 g/mol. The van der Waals surface area contributed by atoms with Crippen LogP contribution in [0.5, 0.6) is 0 Å². The molecular formula is C3H7IO2SZn. The van der Waals surface area contributed by atoms with Gasteiger partial charge in [-0.3, -0.25) is 4.79 Å². The SMILES string of the molecule is I.O=C(O)CCS.[Zn]. The molecule has 0 aliphatic carbocycles. The fraction of sp³-hybridized carbons (Fsp3) is 0.667. The molecule has 0 atom stereocenters. The van der Waals surface area contributed by atoms with Gasteiger partial charge < -0.3 is 5.11 Å². The summed E-state index contributed by atoms with van der Waals surface area (Å²) in [5, 5.41) is 7.86. The molecule has 0 rings (SSSR count). The zero-order valence-corrected chi connectivity index (χ0v) is 10.5. The number of carboxylic acids is 1. The number of aliphatic carboxylic acids is 1. The predicted molar refractivity (Wildman–Crippen MR) is 41.5 cm³/mol. The maximum Gasteiger partial charge on any atom is 0.304 e. The van der Waals surface area contributed by atoms with Crippen molar-refractivity contribution in [2.24, 2.45) is 0 Å². The van der Waals surface area contributed by atoms with Crippen LogP contribution in [0.3, 0.4) is 0 Å². The van der Waals surface area contributed by atoms with Crippen molar-refractivity contribution in [2.45, 2.75) is 6.42 Å². The van der Waals surface area contributed by atoms with Crippen molar-refractivity contribution in [1.29, 1.82) is 0 Å². The van der Waals surface area contributed by atoms with E-state index in [0.29, 0.717) is 5.75 Å². The molecule has 0 saturated carbocycles. The molecule has 0 amide bonds. The van der Waals surface area contributed by atoms with Gasteiger partial charge in [-0.05, 0) is 0 Å². The summed E-state index contributed by atoms with van der Waals surface area (Å²) in [4.78, 5) is 9.55. The first kappa shape index (κ1) is 16.1. The number of hydrogen-bond donors (Lipinski definition) is 2. The Hall–Kier alpha value is 1.17. The number of carbonyl (C=O) groups is 1. The summed E-state index contributed by atoms with van der Waals surface area (Å²) in [6, 6.07) is 0. The molecule has 0 spiro atoms. The van der Waals surface area contributed by atoms with E-state index in [1.807, 2.05) is 0 Å². The average Bonchev–Trinajstić information content (AvgIpc) is 1.35. The van der Waals surface area contributed by atoms with E-state index in [-0.39, 0.29) is 49.9 Å². The molecule has 0 aliphatic rings. The van der Waals surface area contributed by atoms with Crippen LogP contribution in [0.4, 0.5) is 0 Å². The zero-order valence-electron chi connectivity index (χ0n) is 4.33. The van der Waals surface area contributed by atoms with E-state index in [1.54, 1.807) is 0 Å². The Morgan fingerprint density at radius 3 is 2.00 bits per heavy atom. The molecule has 0 radical (unpaired) electrons. The fourth-order valence-electron chi connectivity index (χ4n) is 0.0956. The number of rotatable bonds is 2. The monoisotopic (exact) mass is 298 g/mol. The van der Waals surface area contributed by atoms with E-state index in [1.165, 1.54) is 0 Å². The minimum Gasteiger partial charge on any atom is -0.481 e. The van der Waals surface area contributed by atoms with E-state index in [2.05, 4.69) is 12.6 Å². The third-order valence-corrected chi connectivity index (χ3v) is 0.549. The molecule has 46 valence electrons. The molecule has 0 heterocycles. The second-order valence-corrected chi connectivity index (χ2v) is 1.31. The van der Waals surface area contributed by atoms with Crippen molar-refractivity contribution in [3.63, 3.8) is 0 Å². The minimum absolute atomic E-state index is 0. The van der Waals surface area contributed by atoms with Crippen molar-refractivity contribution >= 4 is 42.6 Å². The molecule has 5 heteroatoms. The Morgan fingerprint density at radius 2 is 2.00 bits per heavy atom. The molecule has 2 nitrogen and oxygen atoms in total. The predicted octanol–water partition coefficient (Wildman–Crippen LogP) is 1.01. The van der Waals surface area contributed by atoms with Gasteiger partial charge in [-0.25, -0.2) is 0 Å². The smallest absolute Gasteiger partial charge is 0.304 e. The molecule has 8 heavy (non-hydrogen) atoms. The van der Waals surface area contributed by atoms with Gasteiger partial charge in [0, 0.05) is 25.2 Å². The van der Waals surface area contributed by atoms with Gasteiger partial charge in [0.05, 0.1) is 6.42 Å². The number of halogens is 1. The Balaban J connectivity index is -0.000000125. The van der Waals surface area contributed by atoms with Gasteiger partial charge in [-0.1, -0.05) is 0 Å². The van der Waals surface area contributed by atoms with Crippen molar-refractivity contribution in [3.8, 4) is 0 Å². The van der Waals surface area contributed by atoms with Crippen molar-refractivity contribution in [2.75, 3.05) is 5.75 Å². The molecule has 0 fully saturated rings. The van der Waals surface area contributed by atoms with E-state index < -0.39 is 5.97 Å². The molecule has 0 aromatic rings. The Kier molecular flexibility index (Phi) is 22.2. The summed E-state index contributed by atoms with van der Waals surface area (Å²) in [6.45, 7) is 0. The Bertz CT molecular complexity index is 61.2. The van der Waals surface area contributed by atoms with Crippen molar-refractivity contribution < 1.29 is 29.4 Å². The average molecular weight is 299 g/mol. The largest absolute Gasteiger partial charge is 0.481 e. The van der Waals surface area contributed by atoms with Gasteiger partial charge in [0.15, 0.2) is 0 Å². The maximum atomic E-state index is 9.55. The van der Waals surface area contributed by atoms with Crippen LogP contribution < -0.4 is 0 Å². The quantitative estimate of drug-likeness (QED) is 0.454. The summed E-state index contributed by atoms with van der Waals surface area (Å²) >= 11 is 3.68. The van der Waals surface area contributed by atoms with Crippen LogP contribution in [0.25, 0.3) is 0 Å². The van der Waals surface area contributed by atoms with Crippen molar-refractivity contribution in [1.82, 2.24) is 0 Å². The van der Waals surface area contributed by atoms with Gasteiger partial charge >= 0.3 is 5.97 Å². The van der Waals surface area contributed by atoms with Crippen LogP contribution in [0.1, 0.15) is 6.42 Å². The van der Waals surface area contributed by atoms with Gasteiger partial charge in [0.25, 0.3) is 0 Å². The number of carboxylic acid groups (broad SMARTS) is 1.